The summed E-state index contributed by atoms with van der Waals surface area (Å²) >= 11 is 0. The van der Waals surface area contributed by atoms with Crippen LogP contribution in [0.3, 0.4) is 0 Å². The fourth-order valence-electron chi connectivity index (χ4n) is 2.38. The first-order valence-corrected chi connectivity index (χ1v) is 9.23. The summed E-state index contributed by atoms with van der Waals surface area (Å²) in [6.45, 7) is 0. The zero-order valence-electron chi connectivity index (χ0n) is 13.4. The second-order valence-corrected chi connectivity index (χ2v) is 7.60. The van der Waals surface area contributed by atoms with Gasteiger partial charge in [0.05, 0.1) is 5.56 Å². The van der Waals surface area contributed by atoms with Crippen LogP contribution < -0.4 is 0 Å². The Labute approximate surface area is 147 Å². The van der Waals surface area contributed by atoms with Crippen molar-refractivity contribution in [2.45, 2.75) is 5.25 Å². The molecule has 0 amide bonds. The third-order valence-electron chi connectivity index (χ3n) is 3.52. The van der Waals surface area contributed by atoms with Crippen LogP contribution >= 0.6 is 0 Å². The highest BCUT2D eigenvalue weighted by Crippen LogP contribution is 2.31. The highest BCUT2D eigenvalue weighted by atomic mass is 32.2. The van der Waals surface area contributed by atoms with Gasteiger partial charge in [0, 0.05) is 12.5 Å². The number of nitrogens with zero attached hydrogens (tertiary/aromatic N) is 3. The number of carboxylic acid groups (broad SMARTS) is 1. The normalized spacial score (nSPS) is 12.7. The molecule has 26 heavy (non-hydrogen) atoms. The molecular weight excluding hydrogens is 362 g/mol. The van der Waals surface area contributed by atoms with Crippen LogP contribution in [0, 0.1) is 0 Å². The third kappa shape index (κ3) is 3.40. The first-order chi connectivity index (χ1) is 12.3. The molecule has 2 aromatic heterocycles. The lowest BCUT2D eigenvalue weighted by atomic mass is 10.1. The van der Waals surface area contributed by atoms with Crippen molar-refractivity contribution in [3.8, 4) is 17.3 Å². The molecule has 2 N–H and O–H groups in total. The summed E-state index contributed by atoms with van der Waals surface area (Å²) in [5.74, 6) is -2.06. The highest BCUT2D eigenvalue weighted by molar-refractivity contribution is 7.91. The summed E-state index contributed by atoms with van der Waals surface area (Å²) in [7, 11) is -3.62. The number of aromatic carboxylic acids is 1. The molecule has 0 bridgehead atoms. The monoisotopic (exact) mass is 375 g/mol. The number of benzene rings is 1. The van der Waals surface area contributed by atoms with Crippen LogP contribution in [0.15, 0.2) is 47.1 Å². The Hall–Kier alpha value is -3.27. The number of rotatable bonds is 5. The molecule has 0 aliphatic rings. The van der Waals surface area contributed by atoms with Gasteiger partial charge in [-0.05, 0) is 11.6 Å². The number of hydrogen-bond donors (Lipinski definition) is 2. The number of carbonyl (C=O) groups is 1. The van der Waals surface area contributed by atoms with Crippen molar-refractivity contribution in [1.29, 1.82) is 0 Å². The van der Waals surface area contributed by atoms with E-state index in [1.54, 1.807) is 30.3 Å². The maximum Gasteiger partial charge on any atom is 0.337 e. The smallest absolute Gasteiger partial charge is 0.337 e. The molecule has 134 valence electrons. The van der Waals surface area contributed by atoms with Crippen LogP contribution in [-0.2, 0) is 9.84 Å². The molecule has 0 aliphatic carbocycles. The molecule has 0 fully saturated rings. The van der Waals surface area contributed by atoms with Crippen LogP contribution in [0.5, 0.6) is 5.75 Å². The van der Waals surface area contributed by atoms with E-state index in [1.807, 2.05) is 0 Å². The predicted octanol–water partition coefficient (Wildman–Crippen LogP) is 1.67. The minimum atomic E-state index is -3.62. The number of pyridine rings is 1. The Morgan fingerprint density at radius 3 is 2.50 bits per heavy atom. The lowest BCUT2D eigenvalue weighted by molar-refractivity contribution is 0.0696. The molecular formula is C16H13N3O6S. The third-order valence-corrected chi connectivity index (χ3v) is 4.85. The Morgan fingerprint density at radius 1 is 1.23 bits per heavy atom. The van der Waals surface area contributed by atoms with Crippen molar-refractivity contribution >= 4 is 15.8 Å². The van der Waals surface area contributed by atoms with Crippen molar-refractivity contribution in [1.82, 2.24) is 15.1 Å². The van der Waals surface area contributed by atoms with E-state index in [0.717, 1.165) is 18.5 Å². The number of hydrogen-bond acceptors (Lipinski definition) is 8. The molecule has 1 unspecified atom stereocenters. The van der Waals surface area contributed by atoms with Crippen molar-refractivity contribution in [2.75, 3.05) is 6.26 Å². The van der Waals surface area contributed by atoms with E-state index in [-0.39, 0.29) is 23.0 Å². The second kappa shape index (κ2) is 6.56. The van der Waals surface area contributed by atoms with Gasteiger partial charge in [-0.15, -0.1) is 0 Å². The maximum atomic E-state index is 12.2. The molecule has 0 radical (unpaired) electrons. The van der Waals surface area contributed by atoms with Gasteiger partial charge in [-0.2, -0.15) is 4.98 Å². The molecule has 0 spiro atoms. The van der Waals surface area contributed by atoms with Gasteiger partial charge in [-0.1, -0.05) is 35.5 Å². The number of carboxylic acids is 1. The van der Waals surface area contributed by atoms with Gasteiger partial charge in [0.2, 0.25) is 11.7 Å². The van der Waals surface area contributed by atoms with Crippen LogP contribution in [-0.4, -0.2) is 46.0 Å². The minimum Gasteiger partial charge on any atom is -0.506 e. The van der Waals surface area contributed by atoms with Crippen LogP contribution in [0.25, 0.3) is 11.5 Å². The first-order valence-electron chi connectivity index (χ1n) is 7.27. The average molecular weight is 375 g/mol. The average Bonchev–Trinajstić information content (AvgIpc) is 3.03. The van der Waals surface area contributed by atoms with Gasteiger partial charge in [0.1, 0.15) is 5.75 Å². The first kappa shape index (κ1) is 17.5. The van der Waals surface area contributed by atoms with Crippen LogP contribution in [0.2, 0.25) is 0 Å². The van der Waals surface area contributed by atoms with E-state index in [9.17, 15) is 18.3 Å². The van der Waals surface area contributed by atoms with Gasteiger partial charge in [-0.3, -0.25) is 0 Å². The molecule has 2 heterocycles. The summed E-state index contributed by atoms with van der Waals surface area (Å²) in [4.78, 5) is 18.7. The fraction of sp³-hybridized carbons (Fsp3) is 0.125. The summed E-state index contributed by atoms with van der Waals surface area (Å²) < 4.78 is 29.5. The molecule has 0 saturated carbocycles. The summed E-state index contributed by atoms with van der Waals surface area (Å²) in [5.41, 5.74) is 0.113. The van der Waals surface area contributed by atoms with Gasteiger partial charge in [-0.25, -0.2) is 18.2 Å². The number of sulfone groups is 1. The lowest BCUT2D eigenvalue weighted by Gasteiger charge is -2.10. The van der Waals surface area contributed by atoms with Crippen molar-refractivity contribution in [3.05, 3.63) is 59.6 Å². The van der Waals surface area contributed by atoms with E-state index >= 15 is 0 Å². The second-order valence-electron chi connectivity index (χ2n) is 5.47. The molecule has 3 rings (SSSR count). The Bertz CT molecular complexity index is 1060. The Balaban J connectivity index is 2.05. The predicted molar refractivity (Wildman–Crippen MR) is 89.3 cm³/mol. The largest absolute Gasteiger partial charge is 0.506 e. The van der Waals surface area contributed by atoms with E-state index < -0.39 is 26.8 Å². The Morgan fingerprint density at radius 2 is 1.92 bits per heavy atom. The van der Waals surface area contributed by atoms with E-state index in [4.69, 9.17) is 9.63 Å². The number of aromatic hydroxyl groups is 1. The molecule has 3 aromatic rings. The molecule has 1 atom stereocenters. The summed E-state index contributed by atoms with van der Waals surface area (Å²) in [6, 6.07) is 9.34. The van der Waals surface area contributed by atoms with Crippen LogP contribution in [0.1, 0.15) is 27.1 Å². The van der Waals surface area contributed by atoms with Crippen LogP contribution in [0.4, 0.5) is 0 Å². The summed E-state index contributed by atoms with van der Waals surface area (Å²) in [5, 5.41) is 21.3. The molecule has 10 heteroatoms. The van der Waals surface area contributed by atoms with Gasteiger partial charge >= 0.3 is 5.97 Å². The van der Waals surface area contributed by atoms with E-state index in [0.29, 0.717) is 5.56 Å². The zero-order valence-corrected chi connectivity index (χ0v) is 14.2. The fourth-order valence-corrected chi connectivity index (χ4v) is 3.49. The molecule has 1 aromatic carbocycles. The lowest BCUT2D eigenvalue weighted by Crippen LogP contribution is -2.13. The summed E-state index contributed by atoms with van der Waals surface area (Å²) in [6.07, 6.45) is 2.07. The Kier molecular flexibility index (Phi) is 4.43. The van der Waals surface area contributed by atoms with Gasteiger partial charge in [0.15, 0.2) is 20.8 Å². The maximum absolute atomic E-state index is 12.2. The van der Waals surface area contributed by atoms with E-state index in [1.165, 1.54) is 0 Å². The van der Waals surface area contributed by atoms with Gasteiger partial charge in [0.25, 0.3) is 0 Å². The van der Waals surface area contributed by atoms with Gasteiger partial charge < -0.3 is 14.7 Å². The molecule has 0 aliphatic heterocycles. The highest BCUT2D eigenvalue weighted by Gasteiger charge is 2.31. The van der Waals surface area contributed by atoms with Crippen molar-refractivity contribution in [2.24, 2.45) is 0 Å². The number of aromatic nitrogens is 3. The van der Waals surface area contributed by atoms with Crippen molar-refractivity contribution in [3.63, 3.8) is 0 Å². The topological polar surface area (TPSA) is 143 Å². The molecule has 9 nitrogen and oxygen atoms in total. The van der Waals surface area contributed by atoms with E-state index in [2.05, 4.69) is 15.1 Å². The SMILES string of the molecule is CS(=O)(=O)C(c1ccccc1)c1nc(-c2ncc(C(=O)O)cc2O)no1. The zero-order chi connectivity index (χ0) is 18.9. The standard InChI is InChI=1S/C16H13N3O6S/c1-26(23,24)13(9-5-3-2-4-6-9)15-18-14(19-25-15)12-11(20)7-10(8-17-12)16(21)22/h2-8,13,20H,1H3,(H,21,22). The van der Waals surface area contributed by atoms with Crippen molar-refractivity contribution < 1.29 is 27.9 Å². The molecule has 0 saturated heterocycles. The minimum absolute atomic E-state index is 0.120. The quantitative estimate of drug-likeness (QED) is 0.680.